The summed E-state index contributed by atoms with van der Waals surface area (Å²) in [4.78, 5) is 25.6. The van der Waals surface area contributed by atoms with Gasteiger partial charge in [0.25, 0.3) is 5.91 Å². The van der Waals surface area contributed by atoms with Crippen molar-refractivity contribution < 1.29 is 24.2 Å². The van der Waals surface area contributed by atoms with Crippen molar-refractivity contribution in [2.75, 3.05) is 13.2 Å². The van der Waals surface area contributed by atoms with Crippen molar-refractivity contribution in [1.82, 2.24) is 4.90 Å². The predicted octanol–water partition coefficient (Wildman–Crippen LogP) is 1.83. The molecule has 2 aliphatic rings. The topological polar surface area (TPSA) is 76.1 Å². The summed E-state index contributed by atoms with van der Waals surface area (Å²) < 4.78 is 11.1. The van der Waals surface area contributed by atoms with Gasteiger partial charge in [0.1, 0.15) is 6.10 Å². The molecule has 24 heavy (non-hydrogen) atoms. The first-order chi connectivity index (χ1) is 11.6. The lowest BCUT2D eigenvalue weighted by Gasteiger charge is -2.28. The minimum Gasteiger partial charge on any atom is -0.479 e. The lowest BCUT2D eigenvalue weighted by Crippen LogP contribution is -2.43. The lowest BCUT2D eigenvalue weighted by atomic mass is 10.1. The summed E-state index contributed by atoms with van der Waals surface area (Å²) in [5.74, 6) is -1.14. The first kappa shape index (κ1) is 16.9. The number of carbonyl (C=O) groups excluding carboxylic acids is 1. The number of benzene rings is 1. The van der Waals surface area contributed by atoms with Crippen LogP contribution in [0.25, 0.3) is 0 Å². The van der Waals surface area contributed by atoms with Crippen molar-refractivity contribution in [2.24, 2.45) is 0 Å². The number of carboxylic acid groups (broad SMARTS) is 1. The molecule has 0 spiro atoms. The average Bonchev–Trinajstić information content (AvgIpc) is 3.26. The normalized spacial score (nSPS) is 26.4. The second-order valence-electron chi connectivity index (χ2n) is 6.37. The molecule has 6 nitrogen and oxygen atoms in total. The molecule has 2 aliphatic heterocycles. The van der Waals surface area contributed by atoms with Crippen molar-refractivity contribution in [3.05, 3.63) is 35.9 Å². The zero-order valence-corrected chi connectivity index (χ0v) is 13.6. The summed E-state index contributed by atoms with van der Waals surface area (Å²) in [7, 11) is 0. The third-order valence-electron chi connectivity index (χ3n) is 4.55. The van der Waals surface area contributed by atoms with Crippen LogP contribution in [0.5, 0.6) is 0 Å². The Kier molecular flexibility index (Phi) is 5.48. The molecule has 1 aromatic carbocycles. The molecule has 0 radical (unpaired) electrons. The van der Waals surface area contributed by atoms with Gasteiger partial charge in [-0.15, -0.1) is 0 Å². The molecule has 1 amide bonds. The Labute approximate surface area is 141 Å². The first-order valence-electron chi connectivity index (χ1n) is 8.46. The lowest BCUT2D eigenvalue weighted by molar-refractivity contribution is -0.155. The number of hydrogen-bond acceptors (Lipinski definition) is 4. The van der Waals surface area contributed by atoms with Gasteiger partial charge < -0.3 is 19.5 Å². The molecule has 0 aromatic heterocycles. The van der Waals surface area contributed by atoms with Gasteiger partial charge in [-0.3, -0.25) is 4.79 Å². The van der Waals surface area contributed by atoms with E-state index in [0.29, 0.717) is 25.9 Å². The van der Waals surface area contributed by atoms with Crippen LogP contribution in [0.3, 0.4) is 0 Å². The molecule has 0 bridgehead atoms. The van der Waals surface area contributed by atoms with Crippen LogP contribution >= 0.6 is 0 Å². The second kappa shape index (κ2) is 7.77. The molecular weight excluding hydrogens is 310 g/mol. The highest BCUT2D eigenvalue weighted by Crippen LogP contribution is 2.24. The molecule has 0 saturated carbocycles. The van der Waals surface area contributed by atoms with Crippen molar-refractivity contribution in [1.29, 1.82) is 0 Å². The van der Waals surface area contributed by atoms with E-state index in [1.807, 2.05) is 30.3 Å². The molecule has 2 heterocycles. The van der Waals surface area contributed by atoms with E-state index in [0.717, 1.165) is 25.0 Å². The minimum absolute atomic E-state index is 0.0503. The van der Waals surface area contributed by atoms with Crippen LogP contribution in [0.4, 0.5) is 0 Å². The van der Waals surface area contributed by atoms with Crippen molar-refractivity contribution in [3.63, 3.8) is 0 Å². The number of rotatable bonds is 6. The van der Waals surface area contributed by atoms with Crippen LogP contribution in [0, 0.1) is 0 Å². The molecule has 6 heteroatoms. The van der Waals surface area contributed by atoms with Gasteiger partial charge in [0.05, 0.1) is 6.10 Å². The van der Waals surface area contributed by atoms with E-state index in [1.165, 1.54) is 0 Å². The molecule has 1 N–H and O–H groups in total. The van der Waals surface area contributed by atoms with Gasteiger partial charge >= 0.3 is 5.97 Å². The number of nitrogens with zero attached hydrogens (tertiary/aromatic N) is 1. The smallest absolute Gasteiger partial charge is 0.332 e. The van der Waals surface area contributed by atoms with Gasteiger partial charge in [0, 0.05) is 19.7 Å². The Bertz CT molecular complexity index is 570. The Morgan fingerprint density at radius 1 is 1.12 bits per heavy atom. The molecule has 3 rings (SSSR count). The SMILES string of the molecule is O=C(O)[C@H]1CC[C@@H](C(=O)N(Cc2ccccc2)CC2CCCO2)O1. The van der Waals surface area contributed by atoms with Crippen LogP contribution in [-0.4, -0.2) is 53.3 Å². The van der Waals surface area contributed by atoms with E-state index in [4.69, 9.17) is 14.6 Å². The maximum absolute atomic E-state index is 12.9. The summed E-state index contributed by atoms with van der Waals surface area (Å²) in [5, 5.41) is 9.05. The van der Waals surface area contributed by atoms with Crippen molar-refractivity contribution in [2.45, 2.75) is 50.5 Å². The molecular formula is C18H23NO5. The summed E-state index contributed by atoms with van der Waals surface area (Å²) in [6.45, 7) is 1.74. The molecule has 1 unspecified atom stereocenters. The fourth-order valence-electron chi connectivity index (χ4n) is 3.27. The monoisotopic (exact) mass is 333 g/mol. The highest BCUT2D eigenvalue weighted by atomic mass is 16.5. The van der Waals surface area contributed by atoms with Gasteiger partial charge in [-0.1, -0.05) is 30.3 Å². The van der Waals surface area contributed by atoms with Crippen LogP contribution in [0.2, 0.25) is 0 Å². The quantitative estimate of drug-likeness (QED) is 0.859. The Balaban J connectivity index is 1.68. The van der Waals surface area contributed by atoms with Crippen molar-refractivity contribution >= 4 is 11.9 Å². The van der Waals surface area contributed by atoms with Gasteiger partial charge in [-0.25, -0.2) is 4.79 Å². The maximum Gasteiger partial charge on any atom is 0.332 e. The first-order valence-corrected chi connectivity index (χ1v) is 8.46. The summed E-state index contributed by atoms with van der Waals surface area (Å²) in [5.41, 5.74) is 1.04. The van der Waals surface area contributed by atoms with Crippen LogP contribution in [0.15, 0.2) is 30.3 Å². The second-order valence-corrected chi connectivity index (χ2v) is 6.37. The van der Waals surface area contributed by atoms with E-state index >= 15 is 0 Å². The van der Waals surface area contributed by atoms with Gasteiger partial charge in [-0.05, 0) is 31.2 Å². The summed E-state index contributed by atoms with van der Waals surface area (Å²) in [6, 6.07) is 9.77. The van der Waals surface area contributed by atoms with E-state index in [9.17, 15) is 9.59 Å². The summed E-state index contributed by atoms with van der Waals surface area (Å²) in [6.07, 6.45) is 1.30. The minimum atomic E-state index is -1.00. The highest BCUT2D eigenvalue weighted by molar-refractivity contribution is 5.82. The Hall–Kier alpha value is -1.92. The van der Waals surface area contributed by atoms with Gasteiger partial charge in [0.2, 0.25) is 0 Å². The Morgan fingerprint density at radius 2 is 1.88 bits per heavy atom. The number of hydrogen-bond donors (Lipinski definition) is 1. The van der Waals surface area contributed by atoms with Crippen LogP contribution in [0.1, 0.15) is 31.2 Å². The van der Waals surface area contributed by atoms with E-state index in [2.05, 4.69) is 0 Å². The van der Waals surface area contributed by atoms with Gasteiger partial charge in [0.15, 0.2) is 6.10 Å². The number of carboxylic acids is 1. The number of amides is 1. The van der Waals surface area contributed by atoms with E-state index < -0.39 is 18.2 Å². The van der Waals surface area contributed by atoms with Crippen molar-refractivity contribution in [3.8, 4) is 0 Å². The molecule has 2 saturated heterocycles. The average molecular weight is 333 g/mol. The molecule has 130 valence electrons. The number of aliphatic carboxylic acids is 1. The van der Waals surface area contributed by atoms with E-state index in [1.54, 1.807) is 4.90 Å². The van der Waals surface area contributed by atoms with Gasteiger partial charge in [-0.2, -0.15) is 0 Å². The van der Waals surface area contributed by atoms with Crippen LogP contribution < -0.4 is 0 Å². The molecule has 1 aromatic rings. The third kappa shape index (κ3) is 4.13. The molecule has 2 fully saturated rings. The molecule has 0 aliphatic carbocycles. The zero-order valence-electron chi connectivity index (χ0n) is 13.6. The fourth-order valence-corrected chi connectivity index (χ4v) is 3.27. The van der Waals surface area contributed by atoms with E-state index in [-0.39, 0.29) is 12.0 Å². The fraction of sp³-hybridized carbons (Fsp3) is 0.556. The number of ether oxygens (including phenoxy) is 2. The maximum atomic E-state index is 12.9. The summed E-state index contributed by atoms with van der Waals surface area (Å²) >= 11 is 0. The van der Waals surface area contributed by atoms with Crippen LogP contribution in [-0.2, 0) is 25.6 Å². The molecule has 3 atom stereocenters. The highest BCUT2D eigenvalue weighted by Gasteiger charge is 2.37. The standard InChI is InChI=1S/C18H23NO5/c20-17(15-8-9-16(24-15)18(21)22)19(12-14-7-4-10-23-14)11-13-5-2-1-3-6-13/h1-3,5-6,14-16H,4,7-12H2,(H,21,22)/t14?,15-,16+/m0/s1. The third-order valence-corrected chi connectivity index (χ3v) is 4.55. The predicted molar refractivity (Wildman–Crippen MR) is 86.4 cm³/mol. The zero-order chi connectivity index (χ0) is 16.9. The largest absolute Gasteiger partial charge is 0.479 e. The Morgan fingerprint density at radius 3 is 2.50 bits per heavy atom. The number of carbonyl (C=O) groups is 2.